The van der Waals surface area contributed by atoms with Crippen LogP contribution in [0, 0.1) is 5.92 Å². The van der Waals surface area contributed by atoms with Crippen LogP contribution in [0.5, 0.6) is 0 Å². The van der Waals surface area contributed by atoms with Gasteiger partial charge in [-0.15, -0.1) is 0 Å². The molecular formula is C8H17NO. The molecule has 0 aliphatic heterocycles. The van der Waals surface area contributed by atoms with Crippen molar-refractivity contribution in [2.24, 2.45) is 11.7 Å². The van der Waals surface area contributed by atoms with E-state index < -0.39 is 0 Å². The van der Waals surface area contributed by atoms with E-state index in [1.165, 1.54) is 19.3 Å². The predicted molar refractivity (Wildman–Crippen MR) is 41.6 cm³/mol. The third-order valence-corrected chi connectivity index (χ3v) is 2.81. The molecule has 2 atom stereocenters. The van der Waals surface area contributed by atoms with Crippen molar-refractivity contribution in [3.63, 3.8) is 0 Å². The average Bonchev–Trinajstić information content (AvgIpc) is 1.96. The van der Waals surface area contributed by atoms with Gasteiger partial charge in [-0.2, -0.15) is 0 Å². The number of rotatable bonds is 1. The van der Waals surface area contributed by atoms with Gasteiger partial charge < -0.3 is 10.8 Å². The smallest absolute Gasteiger partial charge is 0.0613 e. The van der Waals surface area contributed by atoms with Crippen LogP contribution in [-0.2, 0) is 0 Å². The van der Waals surface area contributed by atoms with Crippen LogP contribution >= 0.6 is 0 Å². The van der Waals surface area contributed by atoms with Crippen LogP contribution in [0.3, 0.4) is 0 Å². The first-order valence-corrected chi connectivity index (χ1v) is 4.09. The molecule has 0 bridgehead atoms. The summed E-state index contributed by atoms with van der Waals surface area (Å²) >= 11 is 0. The van der Waals surface area contributed by atoms with Gasteiger partial charge >= 0.3 is 0 Å². The summed E-state index contributed by atoms with van der Waals surface area (Å²) in [5.41, 5.74) is 5.69. The minimum absolute atomic E-state index is 0.147. The molecule has 2 nitrogen and oxygen atoms in total. The van der Waals surface area contributed by atoms with Crippen LogP contribution in [0.1, 0.15) is 32.6 Å². The number of aliphatic hydroxyl groups excluding tert-OH is 1. The monoisotopic (exact) mass is 143 g/mol. The van der Waals surface area contributed by atoms with Gasteiger partial charge in [-0.1, -0.05) is 19.8 Å². The molecule has 1 aliphatic rings. The largest absolute Gasteiger partial charge is 0.394 e. The molecule has 2 heteroatoms. The summed E-state index contributed by atoms with van der Waals surface area (Å²) in [6.07, 6.45) is 4.63. The molecule has 0 aromatic heterocycles. The van der Waals surface area contributed by atoms with Crippen LogP contribution in [0.4, 0.5) is 0 Å². The summed E-state index contributed by atoms with van der Waals surface area (Å²) in [5.74, 6) is 0.492. The van der Waals surface area contributed by atoms with E-state index in [1.54, 1.807) is 0 Å². The van der Waals surface area contributed by atoms with Crippen LogP contribution in [0.2, 0.25) is 0 Å². The minimum Gasteiger partial charge on any atom is -0.394 e. The predicted octanol–water partition coefficient (Wildman–Crippen LogP) is 0.886. The highest BCUT2D eigenvalue weighted by molar-refractivity contribution is 4.91. The highest BCUT2D eigenvalue weighted by atomic mass is 16.3. The summed E-state index contributed by atoms with van der Waals surface area (Å²) in [6, 6.07) is 0. The standard InChI is InChI=1S/C8H17NO/c1-7-4-2-3-5-8(7,9)6-10/h7,10H,2-6,9H2,1H3/t7-,8+/m1/s1. The van der Waals surface area contributed by atoms with Gasteiger partial charge in [0.05, 0.1) is 6.61 Å². The Kier molecular flexibility index (Phi) is 2.32. The molecule has 0 heterocycles. The highest BCUT2D eigenvalue weighted by Crippen LogP contribution is 2.30. The van der Waals surface area contributed by atoms with Crippen molar-refractivity contribution in [1.29, 1.82) is 0 Å². The van der Waals surface area contributed by atoms with E-state index in [-0.39, 0.29) is 12.1 Å². The van der Waals surface area contributed by atoms with Gasteiger partial charge in [-0.25, -0.2) is 0 Å². The zero-order valence-electron chi connectivity index (χ0n) is 6.64. The van der Waals surface area contributed by atoms with Crippen molar-refractivity contribution < 1.29 is 5.11 Å². The molecule has 60 valence electrons. The first-order valence-electron chi connectivity index (χ1n) is 4.09. The molecular weight excluding hydrogens is 126 g/mol. The Balaban J connectivity index is 2.54. The van der Waals surface area contributed by atoms with Crippen molar-refractivity contribution >= 4 is 0 Å². The Morgan fingerprint density at radius 1 is 1.60 bits per heavy atom. The summed E-state index contributed by atoms with van der Waals surface area (Å²) < 4.78 is 0. The lowest BCUT2D eigenvalue weighted by molar-refractivity contribution is 0.110. The highest BCUT2D eigenvalue weighted by Gasteiger charge is 2.33. The SMILES string of the molecule is C[C@@H]1CCCC[C@]1(N)CO. The topological polar surface area (TPSA) is 46.2 Å². The van der Waals surface area contributed by atoms with Crippen molar-refractivity contribution in [1.82, 2.24) is 0 Å². The molecule has 0 spiro atoms. The van der Waals surface area contributed by atoms with E-state index in [1.807, 2.05) is 0 Å². The second-order valence-electron chi connectivity index (χ2n) is 3.54. The van der Waals surface area contributed by atoms with Gasteiger partial charge in [-0.3, -0.25) is 0 Å². The fourth-order valence-corrected chi connectivity index (χ4v) is 1.67. The summed E-state index contributed by atoms with van der Waals surface area (Å²) in [7, 11) is 0. The fourth-order valence-electron chi connectivity index (χ4n) is 1.67. The second-order valence-corrected chi connectivity index (χ2v) is 3.54. The Bertz CT molecular complexity index is 116. The van der Waals surface area contributed by atoms with Gasteiger partial charge in [0.1, 0.15) is 0 Å². The third kappa shape index (κ3) is 1.32. The maximum atomic E-state index is 9.00. The molecule has 3 N–H and O–H groups in total. The van der Waals surface area contributed by atoms with Crippen molar-refractivity contribution in [3.8, 4) is 0 Å². The molecule has 1 aliphatic carbocycles. The van der Waals surface area contributed by atoms with E-state index in [9.17, 15) is 0 Å². The molecule has 0 aromatic carbocycles. The summed E-state index contributed by atoms with van der Waals surface area (Å²) in [6.45, 7) is 2.28. The lowest BCUT2D eigenvalue weighted by Crippen LogP contribution is -2.51. The van der Waals surface area contributed by atoms with Crippen molar-refractivity contribution in [2.45, 2.75) is 38.1 Å². The number of hydrogen-bond donors (Lipinski definition) is 2. The number of aliphatic hydroxyl groups is 1. The Hall–Kier alpha value is -0.0800. The molecule has 0 amide bonds. The first-order chi connectivity index (χ1) is 4.69. The van der Waals surface area contributed by atoms with Crippen molar-refractivity contribution in [3.05, 3.63) is 0 Å². The van der Waals surface area contributed by atoms with Gasteiger partial charge in [0.15, 0.2) is 0 Å². The van der Waals surface area contributed by atoms with Crippen molar-refractivity contribution in [2.75, 3.05) is 6.61 Å². The Morgan fingerprint density at radius 3 is 2.70 bits per heavy atom. The quantitative estimate of drug-likeness (QED) is 0.572. The number of hydrogen-bond acceptors (Lipinski definition) is 2. The van der Waals surface area contributed by atoms with Gasteiger partial charge in [0, 0.05) is 5.54 Å². The van der Waals surface area contributed by atoms with Crippen LogP contribution < -0.4 is 5.73 Å². The lowest BCUT2D eigenvalue weighted by Gasteiger charge is -2.37. The summed E-state index contributed by atoms with van der Waals surface area (Å²) in [5, 5.41) is 9.00. The third-order valence-electron chi connectivity index (χ3n) is 2.81. The lowest BCUT2D eigenvalue weighted by atomic mass is 9.75. The molecule has 1 fully saturated rings. The molecule has 1 saturated carbocycles. The molecule has 1 rings (SSSR count). The summed E-state index contributed by atoms with van der Waals surface area (Å²) in [4.78, 5) is 0. The molecule has 0 aromatic rings. The van der Waals surface area contributed by atoms with E-state index in [4.69, 9.17) is 10.8 Å². The minimum atomic E-state index is -0.266. The average molecular weight is 143 g/mol. The van der Waals surface area contributed by atoms with Gasteiger partial charge in [0.25, 0.3) is 0 Å². The molecule has 0 unspecified atom stereocenters. The maximum absolute atomic E-state index is 9.00. The van der Waals surface area contributed by atoms with Crippen LogP contribution in [0.25, 0.3) is 0 Å². The van der Waals surface area contributed by atoms with E-state index in [0.29, 0.717) is 5.92 Å². The second kappa shape index (κ2) is 2.89. The van der Waals surface area contributed by atoms with Gasteiger partial charge in [-0.05, 0) is 18.8 Å². The molecule has 10 heavy (non-hydrogen) atoms. The zero-order chi connectivity index (χ0) is 7.61. The van der Waals surface area contributed by atoms with Crippen LogP contribution in [-0.4, -0.2) is 17.3 Å². The zero-order valence-corrected chi connectivity index (χ0v) is 6.64. The van der Waals surface area contributed by atoms with Gasteiger partial charge in [0.2, 0.25) is 0 Å². The van der Waals surface area contributed by atoms with E-state index in [0.717, 1.165) is 6.42 Å². The van der Waals surface area contributed by atoms with E-state index in [2.05, 4.69) is 6.92 Å². The maximum Gasteiger partial charge on any atom is 0.0613 e. The fraction of sp³-hybridized carbons (Fsp3) is 1.00. The normalized spacial score (nSPS) is 41.7. The number of nitrogens with two attached hydrogens (primary N) is 1. The first kappa shape index (κ1) is 8.02. The molecule has 0 saturated heterocycles. The molecule has 0 radical (unpaired) electrons. The van der Waals surface area contributed by atoms with E-state index >= 15 is 0 Å². The van der Waals surface area contributed by atoms with Crippen LogP contribution in [0.15, 0.2) is 0 Å². The Morgan fingerprint density at radius 2 is 2.30 bits per heavy atom. The Labute approximate surface area is 62.4 Å².